The zero-order valence-electron chi connectivity index (χ0n) is 12.7. The molecule has 4 nitrogen and oxygen atoms in total. The lowest BCUT2D eigenvalue weighted by atomic mass is 10.1. The standard InChI is InChI=1S/C16H24N4S/c1-2-3-4-5-6-10-13-21-16-18-15(17)19-20(16)14-11-8-7-9-12-14/h7-9,11-12H,2-6,10,13H2,1H3,(H2,17,19). The van der Waals surface area contributed by atoms with Crippen molar-refractivity contribution >= 4 is 17.7 Å². The lowest BCUT2D eigenvalue weighted by Crippen LogP contribution is -1.99. The highest BCUT2D eigenvalue weighted by atomic mass is 32.2. The van der Waals surface area contributed by atoms with Crippen molar-refractivity contribution in [3.8, 4) is 5.69 Å². The van der Waals surface area contributed by atoms with Crippen molar-refractivity contribution in [2.75, 3.05) is 11.5 Å². The maximum atomic E-state index is 5.75. The topological polar surface area (TPSA) is 56.7 Å². The summed E-state index contributed by atoms with van der Waals surface area (Å²) in [7, 11) is 0. The predicted molar refractivity (Wildman–Crippen MR) is 89.9 cm³/mol. The Kier molecular flexibility index (Phi) is 6.60. The van der Waals surface area contributed by atoms with Gasteiger partial charge in [0.1, 0.15) is 0 Å². The quantitative estimate of drug-likeness (QED) is 0.554. The second kappa shape index (κ2) is 8.72. The first kappa shape index (κ1) is 15.9. The van der Waals surface area contributed by atoms with E-state index >= 15 is 0 Å². The van der Waals surface area contributed by atoms with Crippen molar-refractivity contribution in [1.82, 2.24) is 14.8 Å². The number of rotatable bonds is 9. The molecule has 0 fully saturated rings. The molecule has 0 radical (unpaired) electrons. The molecule has 0 bridgehead atoms. The van der Waals surface area contributed by atoms with Crippen LogP contribution in [0.25, 0.3) is 5.69 Å². The van der Waals surface area contributed by atoms with Crippen molar-refractivity contribution in [1.29, 1.82) is 0 Å². The fourth-order valence-electron chi connectivity index (χ4n) is 2.19. The van der Waals surface area contributed by atoms with Crippen LogP contribution in [0, 0.1) is 0 Å². The zero-order valence-corrected chi connectivity index (χ0v) is 13.5. The second-order valence-corrected chi connectivity index (χ2v) is 6.18. The third-order valence-corrected chi connectivity index (χ3v) is 4.34. The first-order valence-corrected chi connectivity index (χ1v) is 8.70. The number of anilines is 1. The molecule has 2 aromatic rings. The van der Waals surface area contributed by atoms with Crippen molar-refractivity contribution in [3.05, 3.63) is 30.3 Å². The summed E-state index contributed by atoms with van der Waals surface area (Å²) in [4.78, 5) is 4.33. The maximum absolute atomic E-state index is 5.75. The van der Waals surface area contributed by atoms with E-state index in [2.05, 4.69) is 17.0 Å². The summed E-state index contributed by atoms with van der Waals surface area (Å²) in [6.45, 7) is 2.25. The minimum absolute atomic E-state index is 0.337. The van der Waals surface area contributed by atoms with Crippen LogP contribution in [-0.2, 0) is 0 Å². The number of thioether (sulfide) groups is 1. The predicted octanol–water partition coefficient (Wildman–Crippen LogP) is 4.30. The summed E-state index contributed by atoms with van der Waals surface area (Å²) in [5.41, 5.74) is 6.75. The third kappa shape index (κ3) is 5.08. The summed E-state index contributed by atoms with van der Waals surface area (Å²) in [5, 5.41) is 5.16. The van der Waals surface area contributed by atoms with Gasteiger partial charge in [-0.05, 0) is 18.6 Å². The first-order valence-electron chi connectivity index (χ1n) is 7.72. The summed E-state index contributed by atoms with van der Waals surface area (Å²) < 4.78 is 1.83. The largest absolute Gasteiger partial charge is 0.366 e. The van der Waals surface area contributed by atoms with Crippen LogP contribution < -0.4 is 5.73 Å². The molecule has 0 aliphatic rings. The molecule has 0 saturated carbocycles. The normalized spacial score (nSPS) is 10.9. The average Bonchev–Trinajstić information content (AvgIpc) is 2.88. The molecule has 0 aliphatic carbocycles. The van der Waals surface area contributed by atoms with Gasteiger partial charge in [-0.25, -0.2) is 4.68 Å². The van der Waals surface area contributed by atoms with Crippen LogP contribution in [-0.4, -0.2) is 20.5 Å². The Morgan fingerprint density at radius 3 is 2.52 bits per heavy atom. The van der Waals surface area contributed by atoms with Gasteiger partial charge in [0.05, 0.1) is 5.69 Å². The van der Waals surface area contributed by atoms with E-state index in [0.29, 0.717) is 5.95 Å². The number of aromatic nitrogens is 3. The SMILES string of the molecule is CCCCCCCCSc1nc(N)nn1-c1ccccc1. The molecule has 5 heteroatoms. The van der Waals surface area contributed by atoms with Gasteiger partial charge in [-0.2, -0.15) is 4.98 Å². The fourth-order valence-corrected chi connectivity index (χ4v) is 3.15. The Balaban J connectivity index is 1.84. The Hall–Kier alpha value is -1.49. The molecule has 0 atom stereocenters. The lowest BCUT2D eigenvalue weighted by molar-refractivity contribution is 0.626. The van der Waals surface area contributed by atoms with Crippen LogP contribution in [0.2, 0.25) is 0 Å². The van der Waals surface area contributed by atoms with Gasteiger partial charge in [0.25, 0.3) is 0 Å². The van der Waals surface area contributed by atoms with E-state index in [1.165, 1.54) is 38.5 Å². The van der Waals surface area contributed by atoms with Crippen molar-refractivity contribution in [2.45, 2.75) is 50.6 Å². The summed E-state index contributed by atoms with van der Waals surface area (Å²) in [6, 6.07) is 10.0. The van der Waals surface area contributed by atoms with Crippen LogP contribution in [0.5, 0.6) is 0 Å². The van der Waals surface area contributed by atoms with Crippen LogP contribution >= 0.6 is 11.8 Å². The molecule has 1 aromatic heterocycles. The molecule has 2 N–H and O–H groups in total. The first-order chi connectivity index (χ1) is 10.3. The molecular formula is C16H24N4S. The number of nitrogen functional groups attached to an aromatic ring is 1. The Labute approximate surface area is 131 Å². The number of hydrogen-bond acceptors (Lipinski definition) is 4. The maximum Gasteiger partial charge on any atom is 0.240 e. The van der Waals surface area contributed by atoms with E-state index in [0.717, 1.165) is 16.6 Å². The number of nitrogens with two attached hydrogens (primary N) is 1. The van der Waals surface area contributed by atoms with Crippen LogP contribution in [0.1, 0.15) is 45.4 Å². The van der Waals surface area contributed by atoms with Gasteiger partial charge in [0.2, 0.25) is 5.95 Å². The van der Waals surface area contributed by atoms with Gasteiger partial charge in [-0.15, -0.1) is 5.10 Å². The Morgan fingerprint density at radius 1 is 1.05 bits per heavy atom. The average molecular weight is 304 g/mol. The molecule has 0 spiro atoms. The number of nitrogens with zero attached hydrogens (tertiary/aromatic N) is 3. The Bertz CT molecular complexity index is 524. The highest BCUT2D eigenvalue weighted by molar-refractivity contribution is 7.99. The molecule has 0 unspecified atom stereocenters. The number of benzene rings is 1. The smallest absolute Gasteiger partial charge is 0.240 e. The van der Waals surface area contributed by atoms with Gasteiger partial charge in [-0.1, -0.05) is 69.0 Å². The molecule has 114 valence electrons. The summed E-state index contributed by atoms with van der Waals surface area (Å²) >= 11 is 1.74. The molecule has 1 heterocycles. The molecule has 21 heavy (non-hydrogen) atoms. The second-order valence-electron chi connectivity index (χ2n) is 5.12. The van der Waals surface area contributed by atoms with E-state index < -0.39 is 0 Å². The minimum Gasteiger partial charge on any atom is -0.366 e. The van der Waals surface area contributed by atoms with Crippen LogP contribution in [0.15, 0.2) is 35.5 Å². The van der Waals surface area contributed by atoms with Gasteiger partial charge in [0.15, 0.2) is 5.16 Å². The van der Waals surface area contributed by atoms with Crippen LogP contribution in [0.3, 0.4) is 0 Å². The van der Waals surface area contributed by atoms with Crippen molar-refractivity contribution < 1.29 is 0 Å². The third-order valence-electron chi connectivity index (χ3n) is 3.32. The van der Waals surface area contributed by atoms with E-state index in [9.17, 15) is 0 Å². The molecule has 0 aliphatic heterocycles. The molecule has 1 aromatic carbocycles. The summed E-state index contributed by atoms with van der Waals surface area (Å²) in [5.74, 6) is 1.40. The Morgan fingerprint density at radius 2 is 1.76 bits per heavy atom. The highest BCUT2D eigenvalue weighted by Crippen LogP contribution is 2.22. The number of para-hydroxylation sites is 1. The van der Waals surface area contributed by atoms with E-state index in [-0.39, 0.29) is 0 Å². The zero-order chi connectivity index (χ0) is 14.9. The van der Waals surface area contributed by atoms with Crippen molar-refractivity contribution in [3.63, 3.8) is 0 Å². The van der Waals surface area contributed by atoms with Gasteiger partial charge in [0, 0.05) is 5.75 Å². The monoisotopic (exact) mass is 304 g/mol. The van der Waals surface area contributed by atoms with Crippen molar-refractivity contribution in [2.24, 2.45) is 0 Å². The fraction of sp³-hybridized carbons (Fsp3) is 0.500. The molecular weight excluding hydrogens is 280 g/mol. The highest BCUT2D eigenvalue weighted by Gasteiger charge is 2.09. The van der Waals surface area contributed by atoms with Crippen LogP contribution in [0.4, 0.5) is 5.95 Å². The lowest BCUT2D eigenvalue weighted by Gasteiger charge is -2.05. The van der Waals surface area contributed by atoms with Gasteiger partial charge >= 0.3 is 0 Å². The van der Waals surface area contributed by atoms with E-state index in [1.807, 2.05) is 35.0 Å². The number of hydrogen-bond donors (Lipinski definition) is 1. The van der Waals surface area contributed by atoms with E-state index in [4.69, 9.17) is 5.73 Å². The van der Waals surface area contributed by atoms with E-state index in [1.54, 1.807) is 11.8 Å². The molecule has 2 rings (SSSR count). The van der Waals surface area contributed by atoms with Gasteiger partial charge in [-0.3, -0.25) is 0 Å². The number of unbranched alkanes of at least 4 members (excludes halogenated alkanes) is 5. The van der Waals surface area contributed by atoms with Gasteiger partial charge < -0.3 is 5.73 Å². The minimum atomic E-state index is 0.337. The molecule has 0 amide bonds. The summed E-state index contributed by atoms with van der Waals surface area (Å²) in [6.07, 6.45) is 7.86. The molecule has 0 saturated heterocycles.